The zero-order valence-electron chi connectivity index (χ0n) is 8.22. The molecule has 1 heterocycles. The predicted octanol–water partition coefficient (Wildman–Crippen LogP) is 2.27. The van der Waals surface area contributed by atoms with Crippen molar-refractivity contribution in [3.8, 4) is 0 Å². The van der Waals surface area contributed by atoms with Gasteiger partial charge in [0.15, 0.2) is 0 Å². The highest BCUT2D eigenvalue weighted by Gasteiger charge is 2.74. The van der Waals surface area contributed by atoms with Crippen LogP contribution in [0.2, 0.25) is 0 Å². The van der Waals surface area contributed by atoms with Crippen molar-refractivity contribution in [2.45, 2.75) is 38.8 Å². The third kappa shape index (κ3) is 1.87. The number of hydrogen-bond donors (Lipinski definition) is 0. The van der Waals surface area contributed by atoms with Crippen LogP contribution in [0.5, 0.6) is 0 Å². The Hall–Kier alpha value is -0.330. The Bertz CT molecular complexity index is 200. The lowest BCUT2D eigenvalue weighted by Crippen LogP contribution is -2.43. The van der Waals surface area contributed by atoms with Gasteiger partial charge in [0.2, 0.25) is 0 Å². The maximum Gasteiger partial charge on any atom is 0.449 e. The molecule has 1 aliphatic rings. The Morgan fingerprint density at radius 3 is 2.07 bits per heavy atom. The van der Waals surface area contributed by atoms with Crippen LogP contribution in [0.3, 0.4) is 0 Å². The van der Waals surface area contributed by atoms with Gasteiger partial charge in [0.05, 0.1) is 12.0 Å². The molecule has 2 unspecified atom stereocenters. The minimum atomic E-state index is -4.52. The van der Waals surface area contributed by atoms with E-state index in [0.717, 1.165) is 0 Å². The largest absolute Gasteiger partial charge is 0.449 e. The molecule has 0 aromatic carbocycles. The fraction of sp³-hybridized carbons (Fsp3) is 1.00. The van der Waals surface area contributed by atoms with E-state index in [2.05, 4.69) is 9.78 Å². The summed E-state index contributed by atoms with van der Waals surface area (Å²) in [6.45, 7) is 5.03. The van der Waals surface area contributed by atoms with Gasteiger partial charge in [-0.25, -0.2) is 0 Å². The minimum absolute atomic E-state index is 0.361. The summed E-state index contributed by atoms with van der Waals surface area (Å²) < 4.78 is 42.4. The van der Waals surface area contributed by atoms with E-state index < -0.39 is 24.0 Å². The lowest BCUT2D eigenvalue weighted by molar-refractivity contribution is -0.216. The quantitative estimate of drug-likeness (QED) is 0.531. The topological polar surface area (TPSA) is 34.3 Å². The molecule has 84 valence electrons. The summed E-state index contributed by atoms with van der Waals surface area (Å²) in [5, 5.41) is 0. The van der Waals surface area contributed by atoms with Crippen LogP contribution >= 0.6 is 0 Å². The van der Waals surface area contributed by atoms with Gasteiger partial charge in [-0.1, -0.05) is 6.92 Å². The van der Waals surface area contributed by atoms with E-state index in [1.54, 1.807) is 13.8 Å². The molecule has 0 saturated carbocycles. The number of rotatable bonds is 4. The standard InChI is InChI=1S/C8H13F3O3/c1-4-12-6(3)5(2)7(13-14-7)8(9,10)11/h5-6H,4H2,1-3H3. The second kappa shape index (κ2) is 3.67. The van der Waals surface area contributed by atoms with Crippen molar-refractivity contribution in [3.63, 3.8) is 0 Å². The highest BCUT2D eigenvalue weighted by atomic mass is 19.4. The molecule has 0 spiro atoms. The summed E-state index contributed by atoms with van der Waals surface area (Å²) in [5.74, 6) is -3.34. The van der Waals surface area contributed by atoms with Crippen molar-refractivity contribution in [2.75, 3.05) is 6.61 Å². The molecule has 6 heteroatoms. The van der Waals surface area contributed by atoms with Gasteiger partial charge < -0.3 is 4.74 Å². The van der Waals surface area contributed by atoms with E-state index in [1.807, 2.05) is 0 Å². The Balaban J connectivity index is 2.64. The number of halogens is 3. The molecule has 1 saturated heterocycles. The molecule has 14 heavy (non-hydrogen) atoms. The molecule has 0 bridgehead atoms. The Morgan fingerprint density at radius 2 is 1.79 bits per heavy atom. The lowest BCUT2D eigenvalue weighted by Gasteiger charge is -2.24. The summed E-state index contributed by atoms with van der Waals surface area (Å²) in [5.41, 5.74) is 0. The van der Waals surface area contributed by atoms with Crippen LogP contribution in [-0.2, 0) is 14.5 Å². The maximum atomic E-state index is 12.4. The SMILES string of the molecule is CCOC(C)C(C)C1(C(F)(F)F)OO1. The fourth-order valence-corrected chi connectivity index (χ4v) is 1.27. The van der Waals surface area contributed by atoms with Gasteiger partial charge in [0, 0.05) is 6.61 Å². The highest BCUT2D eigenvalue weighted by molar-refractivity contribution is 4.91. The lowest BCUT2D eigenvalue weighted by atomic mass is 9.96. The molecule has 3 nitrogen and oxygen atoms in total. The number of alkyl halides is 3. The molecule has 2 atom stereocenters. The summed E-state index contributed by atoms with van der Waals surface area (Å²) in [6, 6.07) is 0. The van der Waals surface area contributed by atoms with Crippen LogP contribution in [0.4, 0.5) is 13.2 Å². The van der Waals surface area contributed by atoms with Crippen LogP contribution in [0.25, 0.3) is 0 Å². The van der Waals surface area contributed by atoms with Crippen molar-refractivity contribution in [1.82, 2.24) is 0 Å². The smallest absolute Gasteiger partial charge is 0.378 e. The van der Waals surface area contributed by atoms with E-state index >= 15 is 0 Å². The van der Waals surface area contributed by atoms with Gasteiger partial charge in [-0.05, 0) is 13.8 Å². The van der Waals surface area contributed by atoms with Gasteiger partial charge in [-0.3, -0.25) is 0 Å². The summed E-state index contributed by atoms with van der Waals surface area (Å²) >= 11 is 0. The molecule has 0 N–H and O–H groups in total. The molecule has 1 aliphatic heterocycles. The monoisotopic (exact) mass is 214 g/mol. The minimum Gasteiger partial charge on any atom is -0.378 e. The van der Waals surface area contributed by atoms with Gasteiger partial charge in [0.1, 0.15) is 0 Å². The van der Waals surface area contributed by atoms with Crippen molar-refractivity contribution >= 4 is 0 Å². The first-order chi connectivity index (χ1) is 6.35. The van der Waals surface area contributed by atoms with Crippen molar-refractivity contribution in [3.05, 3.63) is 0 Å². The van der Waals surface area contributed by atoms with E-state index in [-0.39, 0.29) is 0 Å². The number of ether oxygens (including phenoxy) is 1. The molecule has 0 radical (unpaired) electrons. The normalized spacial score (nSPS) is 24.4. The first-order valence-electron chi connectivity index (χ1n) is 4.40. The summed E-state index contributed by atoms with van der Waals surface area (Å²) in [4.78, 5) is 8.17. The van der Waals surface area contributed by atoms with Gasteiger partial charge in [0.25, 0.3) is 0 Å². The van der Waals surface area contributed by atoms with E-state index in [4.69, 9.17) is 4.74 Å². The highest BCUT2D eigenvalue weighted by Crippen LogP contribution is 2.51. The molecular formula is C8H13F3O3. The van der Waals surface area contributed by atoms with E-state index in [9.17, 15) is 13.2 Å². The van der Waals surface area contributed by atoms with Gasteiger partial charge in [-0.2, -0.15) is 22.9 Å². The Morgan fingerprint density at radius 1 is 1.29 bits per heavy atom. The molecule has 0 amide bonds. The van der Waals surface area contributed by atoms with Gasteiger partial charge >= 0.3 is 12.0 Å². The zero-order valence-corrected chi connectivity index (χ0v) is 8.22. The first-order valence-corrected chi connectivity index (χ1v) is 4.40. The molecule has 1 rings (SSSR count). The van der Waals surface area contributed by atoms with Crippen LogP contribution in [0, 0.1) is 5.92 Å². The third-order valence-electron chi connectivity index (χ3n) is 2.39. The molecular weight excluding hydrogens is 201 g/mol. The second-order valence-electron chi connectivity index (χ2n) is 3.28. The van der Waals surface area contributed by atoms with Crippen LogP contribution < -0.4 is 0 Å². The molecule has 0 aromatic heterocycles. The van der Waals surface area contributed by atoms with E-state index in [0.29, 0.717) is 6.61 Å². The van der Waals surface area contributed by atoms with Crippen molar-refractivity contribution in [1.29, 1.82) is 0 Å². The zero-order chi connectivity index (χ0) is 11.0. The Labute approximate surface area is 80.1 Å². The van der Waals surface area contributed by atoms with E-state index in [1.165, 1.54) is 6.92 Å². The second-order valence-corrected chi connectivity index (χ2v) is 3.28. The van der Waals surface area contributed by atoms with Crippen molar-refractivity contribution < 1.29 is 27.7 Å². The van der Waals surface area contributed by atoms with Crippen LogP contribution in [0.1, 0.15) is 20.8 Å². The number of hydrogen-bond acceptors (Lipinski definition) is 3. The average Bonchev–Trinajstić information content (AvgIpc) is 2.81. The van der Waals surface area contributed by atoms with Crippen LogP contribution in [0.15, 0.2) is 0 Å². The van der Waals surface area contributed by atoms with Gasteiger partial charge in [-0.15, -0.1) is 0 Å². The summed E-state index contributed by atoms with van der Waals surface area (Å²) in [6.07, 6.45) is -5.08. The maximum absolute atomic E-state index is 12.4. The predicted molar refractivity (Wildman–Crippen MR) is 41.2 cm³/mol. The van der Waals surface area contributed by atoms with Crippen LogP contribution in [-0.4, -0.2) is 24.7 Å². The fourth-order valence-electron chi connectivity index (χ4n) is 1.27. The molecule has 0 aromatic rings. The summed E-state index contributed by atoms with van der Waals surface area (Å²) in [7, 11) is 0. The van der Waals surface area contributed by atoms with Crippen molar-refractivity contribution in [2.24, 2.45) is 5.92 Å². The first kappa shape index (κ1) is 11.7. The molecule has 1 fully saturated rings. The Kier molecular flexibility index (Phi) is 3.08. The third-order valence-corrected chi connectivity index (χ3v) is 2.39. The average molecular weight is 214 g/mol. The molecule has 0 aliphatic carbocycles.